The van der Waals surface area contributed by atoms with Crippen molar-refractivity contribution in [2.24, 2.45) is 21.8 Å². The summed E-state index contributed by atoms with van der Waals surface area (Å²) in [6.45, 7) is 8.86. The lowest BCUT2D eigenvalue weighted by Crippen LogP contribution is -1.94. The summed E-state index contributed by atoms with van der Waals surface area (Å²) in [6, 6.07) is 23.6. The highest BCUT2D eigenvalue weighted by molar-refractivity contribution is 5.95. The number of rotatable bonds is 10. The summed E-state index contributed by atoms with van der Waals surface area (Å²) in [4.78, 5) is 9.53. The van der Waals surface area contributed by atoms with E-state index in [1.807, 2.05) is 48.5 Å². The molecular formula is C34H38N2O2. The molecule has 0 saturated heterocycles. The van der Waals surface area contributed by atoms with Gasteiger partial charge in [-0.3, -0.25) is 9.98 Å². The molecule has 0 saturated carbocycles. The van der Waals surface area contributed by atoms with Crippen LogP contribution in [0.3, 0.4) is 0 Å². The van der Waals surface area contributed by atoms with E-state index in [4.69, 9.17) is 9.98 Å². The Hall–Kier alpha value is -3.92. The smallest absolute Gasteiger partial charge is 0.124 e. The molecular weight excluding hydrogens is 468 g/mol. The number of benzene rings is 4. The quantitative estimate of drug-likeness (QED) is 0.211. The molecule has 0 radical (unpaired) electrons. The van der Waals surface area contributed by atoms with E-state index < -0.39 is 0 Å². The molecule has 0 aliphatic heterocycles. The van der Waals surface area contributed by atoms with Gasteiger partial charge in [-0.1, -0.05) is 64.1 Å². The Morgan fingerprint density at radius 1 is 0.605 bits per heavy atom. The predicted octanol–water partition coefficient (Wildman–Crippen LogP) is 8.93. The number of hydrogen-bond donors (Lipinski definition) is 2. The Labute approximate surface area is 226 Å². The molecule has 0 spiro atoms. The average Bonchev–Trinajstić information content (AvgIpc) is 2.90. The standard InChI is InChI=1S/C34H38N2O2/c1-23(2)9-11-25-13-15-33(37)29(17-25)21-35-31-19-27-7-5-6-8-28(27)20-32(31)36-22-30-18-26(12-10-24(3)4)14-16-34(30)38/h5-8,13-24,37-38H,9-12H2,1-4H3. The van der Waals surface area contributed by atoms with Crippen LogP contribution in [0.1, 0.15) is 62.8 Å². The van der Waals surface area contributed by atoms with Crippen LogP contribution in [0.2, 0.25) is 0 Å². The number of aromatic hydroxyl groups is 2. The molecule has 0 aliphatic carbocycles. The molecule has 196 valence electrons. The second-order valence-corrected chi connectivity index (χ2v) is 10.9. The van der Waals surface area contributed by atoms with Crippen molar-refractivity contribution in [1.29, 1.82) is 0 Å². The van der Waals surface area contributed by atoms with Gasteiger partial charge in [-0.15, -0.1) is 0 Å². The van der Waals surface area contributed by atoms with Crippen LogP contribution in [-0.4, -0.2) is 22.6 Å². The Balaban J connectivity index is 1.68. The second kappa shape index (κ2) is 12.6. The van der Waals surface area contributed by atoms with E-state index in [1.165, 1.54) is 11.1 Å². The molecule has 0 fully saturated rings. The maximum Gasteiger partial charge on any atom is 0.124 e. The first kappa shape index (κ1) is 27.1. The molecule has 38 heavy (non-hydrogen) atoms. The highest BCUT2D eigenvalue weighted by Crippen LogP contribution is 2.34. The number of hydrogen-bond acceptors (Lipinski definition) is 4. The van der Waals surface area contributed by atoms with E-state index in [-0.39, 0.29) is 11.5 Å². The van der Waals surface area contributed by atoms with E-state index in [0.29, 0.717) is 34.3 Å². The maximum atomic E-state index is 10.5. The van der Waals surface area contributed by atoms with Gasteiger partial charge < -0.3 is 10.2 Å². The zero-order valence-electron chi connectivity index (χ0n) is 22.9. The number of phenols is 2. The van der Waals surface area contributed by atoms with Crippen molar-refractivity contribution in [2.45, 2.75) is 53.4 Å². The van der Waals surface area contributed by atoms with Gasteiger partial charge in [0.05, 0.1) is 11.4 Å². The normalized spacial score (nSPS) is 12.1. The molecule has 0 atom stereocenters. The lowest BCUT2D eigenvalue weighted by molar-refractivity contribution is 0.473. The number of nitrogens with zero attached hydrogens (tertiary/aromatic N) is 2. The minimum Gasteiger partial charge on any atom is -0.507 e. The monoisotopic (exact) mass is 506 g/mol. The van der Waals surface area contributed by atoms with Gasteiger partial charge in [-0.05, 0) is 95.8 Å². The van der Waals surface area contributed by atoms with Gasteiger partial charge >= 0.3 is 0 Å². The van der Waals surface area contributed by atoms with Crippen LogP contribution < -0.4 is 0 Å². The minimum atomic E-state index is 0.205. The Kier molecular flexibility index (Phi) is 8.96. The van der Waals surface area contributed by atoms with Crippen molar-refractivity contribution in [3.05, 3.63) is 95.1 Å². The molecule has 4 rings (SSSR count). The predicted molar refractivity (Wildman–Crippen MR) is 161 cm³/mol. The fourth-order valence-corrected chi connectivity index (χ4v) is 4.34. The molecule has 4 aromatic rings. The van der Waals surface area contributed by atoms with E-state index in [0.717, 1.165) is 36.5 Å². The minimum absolute atomic E-state index is 0.205. The second-order valence-electron chi connectivity index (χ2n) is 10.9. The molecule has 0 unspecified atom stereocenters. The largest absolute Gasteiger partial charge is 0.507 e. The Morgan fingerprint density at radius 3 is 1.42 bits per heavy atom. The van der Waals surface area contributed by atoms with E-state index in [2.05, 4.69) is 39.8 Å². The summed E-state index contributed by atoms with van der Waals surface area (Å²) >= 11 is 0. The van der Waals surface area contributed by atoms with Crippen LogP contribution in [-0.2, 0) is 12.8 Å². The third kappa shape index (κ3) is 7.32. The van der Waals surface area contributed by atoms with Gasteiger partial charge in [0, 0.05) is 23.6 Å². The lowest BCUT2D eigenvalue weighted by Gasteiger charge is -2.08. The zero-order chi connectivity index (χ0) is 27.1. The molecule has 2 N–H and O–H groups in total. The number of fused-ring (bicyclic) bond motifs is 1. The molecule has 0 heterocycles. The van der Waals surface area contributed by atoms with Crippen molar-refractivity contribution in [1.82, 2.24) is 0 Å². The first-order valence-corrected chi connectivity index (χ1v) is 13.5. The zero-order valence-corrected chi connectivity index (χ0v) is 22.9. The molecule has 4 heteroatoms. The van der Waals surface area contributed by atoms with Crippen LogP contribution in [0.5, 0.6) is 11.5 Å². The van der Waals surface area contributed by atoms with E-state index >= 15 is 0 Å². The van der Waals surface area contributed by atoms with Crippen molar-refractivity contribution in [3.8, 4) is 11.5 Å². The highest BCUT2D eigenvalue weighted by Gasteiger charge is 2.07. The maximum absolute atomic E-state index is 10.5. The van der Waals surface area contributed by atoms with Gasteiger partial charge in [-0.2, -0.15) is 0 Å². The van der Waals surface area contributed by atoms with Crippen LogP contribution in [0.15, 0.2) is 82.8 Å². The van der Waals surface area contributed by atoms with Crippen LogP contribution >= 0.6 is 0 Å². The average molecular weight is 507 g/mol. The molecule has 0 bridgehead atoms. The molecule has 4 aromatic carbocycles. The van der Waals surface area contributed by atoms with Crippen LogP contribution in [0.25, 0.3) is 10.8 Å². The number of phenolic OH excluding ortho intramolecular Hbond substituents is 2. The van der Waals surface area contributed by atoms with E-state index in [9.17, 15) is 10.2 Å². The SMILES string of the molecule is CC(C)CCc1ccc(O)c(C=Nc2cc3ccccc3cc2N=Cc2cc(CCC(C)C)ccc2O)c1. The van der Waals surface area contributed by atoms with E-state index in [1.54, 1.807) is 24.6 Å². The van der Waals surface area contributed by atoms with Crippen molar-refractivity contribution >= 4 is 34.6 Å². The van der Waals surface area contributed by atoms with Gasteiger partial charge in [0.2, 0.25) is 0 Å². The molecule has 4 nitrogen and oxygen atoms in total. The van der Waals surface area contributed by atoms with Gasteiger partial charge in [0.15, 0.2) is 0 Å². The Morgan fingerprint density at radius 2 is 1.03 bits per heavy atom. The summed E-state index contributed by atoms with van der Waals surface area (Å²) in [5, 5.41) is 23.1. The summed E-state index contributed by atoms with van der Waals surface area (Å²) in [7, 11) is 0. The molecule has 0 aliphatic rings. The molecule has 0 aromatic heterocycles. The van der Waals surface area contributed by atoms with Crippen molar-refractivity contribution < 1.29 is 10.2 Å². The topological polar surface area (TPSA) is 65.2 Å². The van der Waals surface area contributed by atoms with Crippen molar-refractivity contribution in [2.75, 3.05) is 0 Å². The number of aryl methyl sites for hydroxylation is 2. The third-order valence-corrected chi connectivity index (χ3v) is 6.73. The summed E-state index contributed by atoms with van der Waals surface area (Å²) in [6.07, 6.45) is 7.53. The lowest BCUT2D eigenvalue weighted by atomic mass is 10.0. The Bertz CT molecular complexity index is 1340. The van der Waals surface area contributed by atoms with Gasteiger partial charge in [0.1, 0.15) is 11.5 Å². The van der Waals surface area contributed by atoms with Crippen LogP contribution in [0, 0.1) is 11.8 Å². The summed E-state index contributed by atoms with van der Waals surface area (Å²) in [5.74, 6) is 1.65. The molecule has 0 amide bonds. The van der Waals surface area contributed by atoms with Gasteiger partial charge in [-0.25, -0.2) is 0 Å². The number of aliphatic imine (C=N–C) groups is 2. The fourth-order valence-electron chi connectivity index (χ4n) is 4.34. The summed E-state index contributed by atoms with van der Waals surface area (Å²) < 4.78 is 0. The van der Waals surface area contributed by atoms with Crippen molar-refractivity contribution in [3.63, 3.8) is 0 Å². The highest BCUT2D eigenvalue weighted by atomic mass is 16.3. The first-order chi connectivity index (χ1) is 18.3. The third-order valence-electron chi connectivity index (χ3n) is 6.73. The van der Waals surface area contributed by atoms with Crippen LogP contribution in [0.4, 0.5) is 11.4 Å². The first-order valence-electron chi connectivity index (χ1n) is 13.5. The summed E-state index contributed by atoms with van der Waals surface area (Å²) in [5.41, 5.74) is 5.13. The fraction of sp³-hybridized carbons (Fsp3) is 0.294. The van der Waals surface area contributed by atoms with Gasteiger partial charge in [0.25, 0.3) is 0 Å².